The van der Waals surface area contributed by atoms with E-state index in [9.17, 15) is 14.4 Å². The molecule has 6 nitrogen and oxygen atoms in total. The Morgan fingerprint density at radius 3 is 2.63 bits per heavy atom. The summed E-state index contributed by atoms with van der Waals surface area (Å²) in [5, 5.41) is 3.68. The third-order valence-electron chi connectivity index (χ3n) is 3.57. The Hall–Kier alpha value is -1.89. The third kappa shape index (κ3) is 1.65. The van der Waals surface area contributed by atoms with Crippen molar-refractivity contribution in [2.45, 2.75) is 13.0 Å². The summed E-state index contributed by atoms with van der Waals surface area (Å²) in [5.74, 6) is -0.382. The minimum Gasteiger partial charge on any atom is -0.342 e. The first kappa shape index (κ1) is 12.2. The van der Waals surface area contributed by atoms with Gasteiger partial charge in [0.25, 0.3) is 5.91 Å². The zero-order valence-corrected chi connectivity index (χ0v) is 11.4. The van der Waals surface area contributed by atoms with Crippen LogP contribution in [0.3, 0.4) is 0 Å². The van der Waals surface area contributed by atoms with Crippen molar-refractivity contribution < 1.29 is 14.4 Å². The van der Waals surface area contributed by atoms with Gasteiger partial charge in [-0.3, -0.25) is 9.59 Å². The minimum absolute atomic E-state index is 0.0224. The maximum absolute atomic E-state index is 12.4. The van der Waals surface area contributed by atoms with E-state index in [1.165, 1.54) is 26.0 Å². The highest BCUT2D eigenvalue weighted by molar-refractivity contribution is 7.08. The lowest BCUT2D eigenvalue weighted by Gasteiger charge is -2.32. The number of carbonyl (C=O) groups excluding carboxylic acids is 3. The van der Waals surface area contributed by atoms with Crippen molar-refractivity contribution in [1.29, 1.82) is 0 Å². The van der Waals surface area contributed by atoms with E-state index in [0.717, 1.165) is 5.56 Å². The largest absolute Gasteiger partial charge is 0.342 e. The molecule has 4 amide bonds. The second-order valence-corrected chi connectivity index (χ2v) is 5.56. The van der Waals surface area contributed by atoms with Crippen molar-refractivity contribution in [3.05, 3.63) is 16.3 Å². The maximum atomic E-state index is 12.4. The molecule has 3 rings (SSSR count). The van der Waals surface area contributed by atoms with Gasteiger partial charge in [0.15, 0.2) is 0 Å². The van der Waals surface area contributed by atoms with Crippen molar-refractivity contribution in [2.75, 3.05) is 25.0 Å². The Balaban J connectivity index is 1.98. The van der Waals surface area contributed by atoms with Crippen LogP contribution in [0.1, 0.15) is 5.56 Å². The fourth-order valence-corrected chi connectivity index (χ4v) is 3.24. The third-order valence-corrected chi connectivity index (χ3v) is 4.42. The number of nitrogens with zero attached hydrogens (tertiary/aromatic N) is 3. The molecule has 19 heavy (non-hydrogen) atoms. The van der Waals surface area contributed by atoms with Crippen LogP contribution in [0.25, 0.3) is 0 Å². The van der Waals surface area contributed by atoms with Gasteiger partial charge in [-0.05, 0) is 17.9 Å². The molecule has 0 radical (unpaired) electrons. The average molecular weight is 279 g/mol. The van der Waals surface area contributed by atoms with Gasteiger partial charge in [0.05, 0.1) is 5.69 Å². The molecule has 0 bridgehead atoms. The molecule has 2 aliphatic heterocycles. The lowest BCUT2D eigenvalue weighted by atomic mass is 10.2. The molecule has 1 aromatic heterocycles. The molecule has 0 aliphatic carbocycles. The van der Waals surface area contributed by atoms with Gasteiger partial charge in [-0.25, -0.2) is 9.69 Å². The summed E-state index contributed by atoms with van der Waals surface area (Å²) in [7, 11) is 1.65. The van der Waals surface area contributed by atoms with Crippen LogP contribution in [0, 0.1) is 6.92 Å². The number of thiophene rings is 1. The molecule has 0 spiro atoms. The Morgan fingerprint density at radius 1 is 1.26 bits per heavy atom. The molecule has 1 aromatic rings. The van der Waals surface area contributed by atoms with Gasteiger partial charge in [-0.15, -0.1) is 11.3 Å². The standard InChI is InChI=1S/C12H13N3O3S/c1-7-5-19-6-9(7)15-11(17)8-3-13(2)10(16)4-14(8)12(15)18/h5-6,8H,3-4H2,1-2H3. The van der Waals surface area contributed by atoms with Crippen molar-refractivity contribution in [3.63, 3.8) is 0 Å². The molecule has 2 aliphatic rings. The molecule has 0 saturated carbocycles. The summed E-state index contributed by atoms with van der Waals surface area (Å²) in [4.78, 5) is 40.4. The van der Waals surface area contributed by atoms with Crippen LogP contribution in [0.2, 0.25) is 0 Å². The zero-order chi connectivity index (χ0) is 13.7. The summed E-state index contributed by atoms with van der Waals surface area (Å²) < 4.78 is 0. The fourth-order valence-electron chi connectivity index (χ4n) is 2.43. The van der Waals surface area contributed by atoms with E-state index >= 15 is 0 Å². The minimum atomic E-state index is -0.547. The fraction of sp³-hybridized carbons (Fsp3) is 0.417. The van der Waals surface area contributed by atoms with E-state index in [2.05, 4.69) is 0 Å². The Kier molecular flexibility index (Phi) is 2.60. The SMILES string of the molecule is Cc1cscc1N1C(=O)C2CN(C)C(=O)CN2C1=O. The first-order valence-corrected chi connectivity index (χ1v) is 6.86. The molecule has 2 fully saturated rings. The van der Waals surface area contributed by atoms with Crippen molar-refractivity contribution in [2.24, 2.45) is 0 Å². The summed E-state index contributed by atoms with van der Waals surface area (Å²) >= 11 is 1.45. The monoisotopic (exact) mass is 279 g/mol. The molecule has 0 N–H and O–H groups in total. The number of rotatable bonds is 1. The van der Waals surface area contributed by atoms with E-state index in [-0.39, 0.29) is 24.9 Å². The van der Waals surface area contributed by atoms with Gasteiger partial charge in [-0.2, -0.15) is 0 Å². The molecule has 1 atom stereocenters. The van der Waals surface area contributed by atoms with E-state index in [1.807, 2.05) is 12.3 Å². The predicted molar refractivity (Wildman–Crippen MR) is 70.1 cm³/mol. The van der Waals surface area contributed by atoms with Crippen molar-refractivity contribution >= 4 is 34.9 Å². The van der Waals surface area contributed by atoms with Gasteiger partial charge in [-0.1, -0.05) is 0 Å². The summed E-state index contributed by atoms with van der Waals surface area (Å²) in [6.07, 6.45) is 0. The van der Waals surface area contributed by atoms with Gasteiger partial charge in [0, 0.05) is 19.0 Å². The van der Waals surface area contributed by atoms with E-state index in [4.69, 9.17) is 0 Å². The lowest BCUT2D eigenvalue weighted by Crippen LogP contribution is -2.54. The van der Waals surface area contributed by atoms with Crippen LogP contribution < -0.4 is 4.90 Å². The maximum Gasteiger partial charge on any atom is 0.332 e. The molecular weight excluding hydrogens is 266 g/mol. The van der Waals surface area contributed by atoms with Crippen LogP contribution in [0.4, 0.5) is 10.5 Å². The molecule has 7 heteroatoms. The Labute approximate surface area is 114 Å². The smallest absolute Gasteiger partial charge is 0.332 e. The highest BCUT2D eigenvalue weighted by Gasteiger charge is 2.50. The van der Waals surface area contributed by atoms with Gasteiger partial charge in [0.1, 0.15) is 12.6 Å². The predicted octanol–water partition coefficient (Wildman–Crippen LogP) is 0.666. The zero-order valence-electron chi connectivity index (χ0n) is 10.6. The number of anilines is 1. The highest BCUT2D eigenvalue weighted by atomic mass is 32.1. The summed E-state index contributed by atoms with van der Waals surface area (Å²) in [6, 6.07) is -0.938. The van der Waals surface area contributed by atoms with Crippen molar-refractivity contribution in [3.8, 4) is 0 Å². The number of carbonyl (C=O) groups is 3. The topological polar surface area (TPSA) is 60.9 Å². The van der Waals surface area contributed by atoms with Gasteiger partial charge < -0.3 is 9.80 Å². The van der Waals surface area contributed by atoms with Crippen LogP contribution in [-0.4, -0.2) is 53.8 Å². The number of fused-ring (bicyclic) bond motifs is 1. The first-order chi connectivity index (χ1) is 9.00. The van der Waals surface area contributed by atoms with Gasteiger partial charge >= 0.3 is 6.03 Å². The quantitative estimate of drug-likeness (QED) is 0.710. The Morgan fingerprint density at radius 2 is 2.00 bits per heavy atom. The second-order valence-electron chi connectivity index (χ2n) is 4.81. The van der Waals surface area contributed by atoms with Crippen LogP contribution in [0.5, 0.6) is 0 Å². The molecule has 1 unspecified atom stereocenters. The normalized spacial score (nSPS) is 23.4. The molecule has 100 valence electrons. The van der Waals surface area contributed by atoms with Crippen molar-refractivity contribution in [1.82, 2.24) is 9.80 Å². The summed E-state index contributed by atoms with van der Waals surface area (Å²) in [6.45, 7) is 2.11. The van der Waals surface area contributed by atoms with E-state index in [0.29, 0.717) is 5.69 Å². The molecule has 2 saturated heterocycles. The van der Waals surface area contributed by atoms with E-state index in [1.54, 1.807) is 12.4 Å². The second kappa shape index (κ2) is 4.06. The van der Waals surface area contributed by atoms with Crippen LogP contribution in [0.15, 0.2) is 10.8 Å². The molecular formula is C12H13N3O3S. The van der Waals surface area contributed by atoms with Gasteiger partial charge in [0.2, 0.25) is 5.91 Å². The highest BCUT2D eigenvalue weighted by Crippen LogP contribution is 2.31. The van der Waals surface area contributed by atoms with Crippen LogP contribution >= 0.6 is 11.3 Å². The number of hydrogen-bond donors (Lipinski definition) is 0. The average Bonchev–Trinajstić information content (AvgIpc) is 2.86. The number of piperazine rings is 1. The number of amides is 4. The number of aryl methyl sites for hydroxylation is 1. The Bertz CT molecular complexity index is 583. The number of imide groups is 1. The molecule has 0 aromatic carbocycles. The number of likely N-dealkylation sites (N-methyl/N-ethyl adjacent to an activating group) is 1. The lowest BCUT2D eigenvalue weighted by molar-refractivity contribution is -0.136. The first-order valence-electron chi connectivity index (χ1n) is 5.92. The number of urea groups is 1. The molecule has 3 heterocycles. The summed E-state index contributed by atoms with van der Waals surface area (Å²) in [5.41, 5.74) is 1.52. The number of hydrogen-bond acceptors (Lipinski definition) is 4. The van der Waals surface area contributed by atoms with E-state index < -0.39 is 12.1 Å². The van der Waals surface area contributed by atoms with Crippen LogP contribution in [-0.2, 0) is 9.59 Å².